The normalized spacial score (nSPS) is 23.9. The number of hydrogen-bond donors (Lipinski definition) is 1. The Kier molecular flexibility index (Phi) is 6.73. The molecule has 0 heterocycles. The van der Waals surface area contributed by atoms with Crippen LogP contribution in [0.3, 0.4) is 0 Å². The summed E-state index contributed by atoms with van der Waals surface area (Å²) in [4.78, 5) is 10.7. The topological polar surface area (TPSA) is 17.1 Å². The van der Waals surface area contributed by atoms with E-state index >= 15 is 0 Å². The van der Waals surface area contributed by atoms with E-state index in [1.807, 2.05) is 0 Å². The second-order valence-corrected chi connectivity index (χ2v) is 3.56. The molecule has 66 valence electrons. The third-order valence-electron chi connectivity index (χ3n) is 1.52. The van der Waals surface area contributed by atoms with Gasteiger partial charge in [0.15, 0.2) is 0 Å². The molecular formula is C9H18OS. The lowest BCUT2D eigenvalue weighted by Crippen LogP contribution is -2.18. The number of Topliss-reactive ketones (excluding diaryl/α,β-unsaturated/α-hetero) is 1. The summed E-state index contributed by atoms with van der Waals surface area (Å²) >= 11 is 4.11. The van der Waals surface area contributed by atoms with Gasteiger partial charge in [0.2, 0.25) is 0 Å². The summed E-state index contributed by atoms with van der Waals surface area (Å²) in [6.45, 7) is 4.25. The Balaban J connectivity index is 0.000000292. The van der Waals surface area contributed by atoms with E-state index in [1.54, 1.807) is 0 Å². The molecule has 2 heteroatoms. The van der Waals surface area contributed by atoms with Gasteiger partial charge in [0.1, 0.15) is 5.78 Å². The van der Waals surface area contributed by atoms with Gasteiger partial charge in [-0.2, -0.15) is 12.6 Å². The molecule has 1 aliphatic rings. The van der Waals surface area contributed by atoms with Crippen molar-refractivity contribution in [1.82, 2.24) is 0 Å². The first-order valence-electron chi connectivity index (χ1n) is 4.43. The van der Waals surface area contributed by atoms with Gasteiger partial charge in [-0.05, 0) is 12.8 Å². The molecule has 1 atom stereocenters. The molecule has 0 aromatic carbocycles. The van der Waals surface area contributed by atoms with Crippen molar-refractivity contribution >= 4 is 18.4 Å². The van der Waals surface area contributed by atoms with Crippen molar-refractivity contribution in [3.05, 3.63) is 0 Å². The average Bonchev–Trinajstić information content (AvgIpc) is 1.97. The van der Waals surface area contributed by atoms with Crippen LogP contribution in [0, 0.1) is 0 Å². The van der Waals surface area contributed by atoms with Gasteiger partial charge in [-0.15, -0.1) is 0 Å². The van der Waals surface area contributed by atoms with E-state index in [2.05, 4.69) is 26.5 Å². The SMILES string of the molecule is CCC.O=C1CCCCC1S. The predicted octanol–water partition coefficient (Wildman–Crippen LogP) is 2.84. The smallest absolute Gasteiger partial charge is 0.145 e. The number of ketones is 1. The Bertz CT molecular complexity index is 112. The van der Waals surface area contributed by atoms with Gasteiger partial charge in [0.05, 0.1) is 5.25 Å². The lowest BCUT2D eigenvalue weighted by Gasteiger charge is -2.13. The van der Waals surface area contributed by atoms with Crippen LogP contribution in [-0.4, -0.2) is 11.0 Å². The molecule has 0 saturated heterocycles. The molecule has 1 rings (SSSR count). The molecule has 0 bridgehead atoms. The third-order valence-corrected chi connectivity index (χ3v) is 2.07. The summed E-state index contributed by atoms with van der Waals surface area (Å²) in [7, 11) is 0. The number of thiol groups is 1. The van der Waals surface area contributed by atoms with Crippen molar-refractivity contribution in [3.8, 4) is 0 Å². The molecule has 1 fully saturated rings. The molecule has 0 aromatic heterocycles. The highest BCUT2D eigenvalue weighted by molar-refractivity contribution is 7.81. The van der Waals surface area contributed by atoms with Crippen LogP contribution in [0.25, 0.3) is 0 Å². The van der Waals surface area contributed by atoms with Crippen molar-refractivity contribution in [2.45, 2.75) is 51.2 Å². The van der Waals surface area contributed by atoms with E-state index in [9.17, 15) is 4.79 Å². The lowest BCUT2D eigenvalue weighted by atomic mass is 9.99. The zero-order valence-corrected chi connectivity index (χ0v) is 8.36. The van der Waals surface area contributed by atoms with Crippen LogP contribution in [0.1, 0.15) is 46.0 Å². The average molecular weight is 174 g/mol. The van der Waals surface area contributed by atoms with Gasteiger partial charge < -0.3 is 0 Å². The molecule has 1 saturated carbocycles. The molecular weight excluding hydrogens is 156 g/mol. The standard InChI is InChI=1S/C6H10OS.C3H8/c7-5-3-1-2-4-6(5)8;1-3-2/h6,8H,1-4H2;3H2,1-2H3. The second kappa shape index (κ2) is 6.71. The first kappa shape index (κ1) is 11.0. The summed E-state index contributed by atoms with van der Waals surface area (Å²) < 4.78 is 0. The molecule has 0 spiro atoms. The maximum atomic E-state index is 10.7. The minimum Gasteiger partial charge on any atom is -0.298 e. The number of carbonyl (C=O) groups excluding carboxylic acids is 1. The zero-order chi connectivity index (χ0) is 8.69. The third kappa shape index (κ3) is 5.31. The quantitative estimate of drug-likeness (QED) is 0.559. The molecule has 0 aliphatic heterocycles. The Morgan fingerprint density at radius 2 is 2.00 bits per heavy atom. The predicted molar refractivity (Wildman–Crippen MR) is 52.2 cm³/mol. The number of hydrogen-bond acceptors (Lipinski definition) is 2. The summed E-state index contributed by atoms with van der Waals surface area (Å²) in [5, 5.41) is 0.0590. The molecule has 0 amide bonds. The largest absolute Gasteiger partial charge is 0.298 e. The van der Waals surface area contributed by atoms with E-state index in [0.29, 0.717) is 5.78 Å². The summed E-state index contributed by atoms with van der Waals surface area (Å²) in [6.07, 6.45) is 5.26. The van der Waals surface area contributed by atoms with Crippen LogP contribution in [0.4, 0.5) is 0 Å². The first-order chi connectivity index (χ1) is 5.22. The molecule has 1 aliphatic carbocycles. The Hall–Kier alpha value is 0.0200. The van der Waals surface area contributed by atoms with E-state index in [-0.39, 0.29) is 5.25 Å². The highest BCUT2D eigenvalue weighted by Gasteiger charge is 2.17. The zero-order valence-electron chi connectivity index (χ0n) is 7.47. The summed E-state index contributed by atoms with van der Waals surface area (Å²) in [6, 6.07) is 0. The Morgan fingerprint density at radius 3 is 2.27 bits per heavy atom. The number of rotatable bonds is 0. The van der Waals surface area contributed by atoms with Crippen molar-refractivity contribution in [2.24, 2.45) is 0 Å². The molecule has 1 nitrogen and oxygen atoms in total. The highest BCUT2D eigenvalue weighted by Crippen LogP contribution is 2.18. The van der Waals surface area contributed by atoms with Gasteiger partial charge in [-0.3, -0.25) is 4.79 Å². The molecule has 1 unspecified atom stereocenters. The first-order valence-corrected chi connectivity index (χ1v) is 4.94. The molecule has 11 heavy (non-hydrogen) atoms. The van der Waals surface area contributed by atoms with Gasteiger partial charge in [-0.1, -0.05) is 26.7 Å². The van der Waals surface area contributed by atoms with Crippen molar-refractivity contribution in [2.75, 3.05) is 0 Å². The van der Waals surface area contributed by atoms with E-state index in [4.69, 9.17) is 0 Å². The van der Waals surface area contributed by atoms with Crippen molar-refractivity contribution in [1.29, 1.82) is 0 Å². The summed E-state index contributed by atoms with van der Waals surface area (Å²) in [5.41, 5.74) is 0. The van der Waals surface area contributed by atoms with Crippen molar-refractivity contribution in [3.63, 3.8) is 0 Å². The van der Waals surface area contributed by atoms with Gasteiger partial charge >= 0.3 is 0 Å². The lowest BCUT2D eigenvalue weighted by molar-refractivity contribution is -0.119. The fourth-order valence-electron chi connectivity index (χ4n) is 0.965. The van der Waals surface area contributed by atoms with Crippen LogP contribution >= 0.6 is 12.6 Å². The maximum Gasteiger partial charge on any atom is 0.145 e. The van der Waals surface area contributed by atoms with Crippen LogP contribution in [0.15, 0.2) is 0 Å². The van der Waals surface area contributed by atoms with Crippen LogP contribution in [-0.2, 0) is 4.79 Å². The minimum atomic E-state index is 0.0590. The van der Waals surface area contributed by atoms with Gasteiger partial charge in [0.25, 0.3) is 0 Å². The van der Waals surface area contributed by atoms with E-state index in [0.717, 1.165) is 19.3 Å². The monoisotopic (exact) mass is 174 g/mol. The fraction of sp³-hybridized carbons (Fsp3) is 0.889. The Labute approximate surface area is 75.0 Å². The van der Waals surface area contributed by atoms with Gasteiger partial charge in [0, 0.05) is 6.42 Å². The molecule has 0 N–H and O–H groups in total. The minimum absolute atomic E-state index is 0.0590. The fourth-order valence-corrected chi connectivity index (χ4v) is 1.28. The maximum absolute atomic E-state index is 10.7. The Morgan fingerprint density at radius 1 is 1.45 bits per heavy atom. The van der Waals surface area contributed by atoms with Gasteiger partial charge in [-0.25, -0.2) is 0 Å². The summed E-state index contributed by atoms with van der Waals surface area (Å²) in [5.74, 6) is 0.333. The van der Waals surface area contributed by atoms with E-state index in [1.165, 1.54) is 12.8 Å². The van der Waals surface area contributed by atoms with Crippen molar-refractivity contribution < 1.29 is 4.79 Å². The van der Waals surface area contributed by atoms with E-state index < -0.39 is 0 Å². The van der Waals surface area contributed by atoms with Crippen LogP contribution in [0.2, 0.25) is 0 Å². The molecule has 0 radical (unpaired) electrons. The molecule has 0 aromatic rings. The van der Waals surface area contributed by atoms with Crippen LogP contribution in [0.5, 0.6) is 0 Å². The van der Waals surface area contributed by atoms with Crippen LogP contribution < -0.4 is 0 Å². The highest BCUT2D eigenvalue weighted by atomic mass is 32.1. The number of carbonyl (C=O) groups is 1. The second-order valence-electron chi connectivity index (χ2n) is 2.93.